The van der Waals surface area contributed by atoms with E-state index in [1.807, 2.05) is 0 Å². The summed E-state index contributed by atoms with van der Waals surface area (Å²) in [7, 11) is 1.41. The van der Waals surface area contributed by atoms with Crippen LogP contribution in [0.25, 0.3) is 0 Å². The Hall–Kier alpha value is -1.50. The lowest BCUT2D eigenvalue weighted by molar-refractivity contribution is -0.139. The van der Waals surface area contributed by atoms with Gasteiger partial charge in [0.05, 0.1) is 11.3 Å². The molecule has 1 N–H and O–H groups in total. The molecular formula is C11H10F3NO2S. The van der Waals surface area contributed by atoms with E-state index in [1.54, 1.807) is 0 Å². The number of hydrogen-bond donors (Lipinski definition) is 1. The summed E-state index contributed by atoms with van der Waals surface area (Å²) in [6.45, 7) is 0. The molecule has 1 aromatic rings. The van der Waals surface area contributed by atoms with Crippen molar-refractivity contribution in [2.45, 2.75) is 11.1 Å². The van der Waals surface area contributed by atoms with Crippen molar-refractivity contribution in [3.63, 3.8) is 0 Å². The average Bonchev–Trinajstić information content (AvgIpc) is 2.34. The van der Waals surface area contributed by atoms with Crippen molar-refractivity contribution in [2.75, 3.05) is 12.8 Å². The van der Waals surface area contributed by atoms with Gasteiger partial charge in [0.25, 0.3) is 0 Å². The summed E-state index contributed by atoms with van der Waals surface area (Å²) in [5.74, 6) is -0.479. The third kappa shape index (κ3) is 3.76. The number of nitrogens with one attached hydrogen (secondary N) is 1. The normalized spacial score (nSPS) is 11.1. The van der Waals surface area contributed by atoms with Gasteiger partial charge in [-0.15, -0.1) is 11.8 Å². The van der Waals surface area contributed by atoms with Crippen molar-refractivity contribution in [2.24, 2.45) is 0 Å². The zero-order valence-electron chi connectivity index (χ0n) is 9.38. The average molecular weight is 277 g/mol. The monoisotopic (exact) mass is 277 g/mol. The fraction of sp³-hybridized carbons (Fsp3) is 0.273. The number of carbonyl (C=O) groups is 2. The molecule has 0 saturated carbocycles. The van der Waals surface area contributed by atoms with Crippen LogP contribution in [0.4, 0.5) is 13.2 Å². The van der Waals surface area contributed by atoms with Crippen LogP contribution < -0.4 is 5.32 Å². The van der Waals surface area contributed by atoms with Gasteiger partial charge in [0, 0.05) is 17.5 Å². The minimum absolute atomic E-state index is 0.0494. The highest BCUT2D eigenvalue weighted by Crippen LogP contribution is 2.37. The topological polar surface area (TPSA) is 46.2 Å². The molecule has 0 atom stereocenters. The first-order chi connectivity index (χ1) is 8.38. The second-order valence-corrected chi connectivity index (χ2v) is 4.35. The zero-order chi connectivity index (χ0) is 13.8. The summed E-state index contributed by atoms with van der Waals surface area (Å²) >= 11 is 0.778. The maximum Gasteiger partial charge on any atom is 0.417 e. The quantitative estimate of drug-likeness (QED) is 0.679. The number of rotatable bonds is 4. The smallest absolute Gasteiger partial charge is 0.358 e. The standard InChI is InChI=1S/C11H10F3NO2S/c1-15-10(17)6-18-9-3-2-7(5-16)4-8(9)11(12,13)14/h2-5H,6H2,1H3,(H,15,17). The highest BCUT2D eigenvalue weighted by Gasteiger charge is 2.33. The Morgan fingerprint density at radius 2 is 2.11 bits per heavy atom. The van der Waals surface area contributed by atoms with Crippen LogP contribution >= 0.6 is 11.8 Å². The van der Waals surface area contributed by atoms with Gasteiger partial charge in [-0.3, -0.25) is 9.59 Å². The third-order valence-electron chi connectivity index (χ3n) is 2.08. The van der Waals surface area contributed by atoms with Crippen molar-refractivity contribution in [1.29, 1.82) is 0 Å². The first kappa shape index (κ1) is 14.6. The maximum absolute atomic E-state index is 12.7. The number of thioether (sulfide) groups is 1. The molecule has 1 amide bonds. The summed E-state index contributed by atoms with van der Waals surface area (Å²) in [5, 5.41) is 2.32. The predicted molar refractivity (Wildman–Crippen MR) is 61.6 cm³/mol. The van der Waals surface area contributed by atoms with E-state index in [1.165, 1.54) is 19.2 Å². The van der Waals surface area contributed by atoms with Crippen LogP contribution in [0.15, 0.2) is 23.1 Å². The summed E-state index contributed by atoms with van der Waals surface area (Å²) in [4.78, 5) is 21.4. The molecule has 0 unspecified atom stereocenters. The van der Waals surface area contributed by atoms with Crippen molar-refractivity contribution in [1.82, 2.24) is 5.32 Å². The van der Waals surface area contributed by atoms with Gasteiger partial charge in [-0.1, -0.05) is 6.07 Å². The highest BCUT2D eigenvalue weighted by molar-refractivity contribution is 8.00. The number of amides is 1. The molecule has 1 aromatic carbocycles. The molecule has 18 heavy (non-hydrogen) atoms. The summed E-state index contributed by atoms with van der Waals surface area (Å²) < 4.78 is 38.2. The van der Waals surface area contributed by atoms with Gasteiger partial charge in [0.1, 0.15) is 6.29 Å². The van der Waals surface area contributed by atoms with Crippen molar-refractivity contribution < 1.29 is 22.8 Å². The number of benzene rings is 1. The second-order valence-electron chi connectivity index (χ2n) is 3.33. The third-order valence-corrected chi connectivity index (χ3v) is 3.16. The van der Waals surface area contributed by atoms with Gasteiger partial charge in [-0.25, -0.2) is 0 Å². The molecule has 1 rings (SSSR count). The van der Waals surface area contributed by atoms with Crippen LogP contribution in [-0.4, -0.2) is 25.0 Å². The molecule has 0 aromatic heterocycles. The van der Waals surface area contributed by atoms with Crippen molar-refractivity contribution in [3.8, 4) is 0 Å². The van der Waals surface area contributed by atoms with Crippen LogP contribution in [0.3, 0.4) is 0 Å². The Labute approximate surface area is 106 Å². The van der Waals surface area contributed by atoms with E-state index in [0.29, 0.717) is 6.29 Å². The molecule has 0 spiro atoms. The number of alkyl halides is 3. The van der Waals surface area contributed by atoms with E-state index in [9.17, 15) is 22.8 Å². The molecular weight excluding hydrogens is 267 g/mol. The van der Waals surface area contributed by atoms with Gasteiger partial charge in [-0.05, 0) is 12.1 Å². The molecule has 7 heteroatoms. The molecule has 0 aliphatic heterocycles. The van der Waals surface area contributed by atoms with Gasteiger partial charge in [0.15, 0.2) is 0 Å². The second kappa shape index (κ2) is 5.90. The van der Waals surface area contributed by atoms with Gasteiger partial charge in [-0.2, -0.15) is 13.2 Å². The van der Waals surface area contributed by atoms with Crippen LogP contribution in [0.1, 0.15) is 15.9 Å². The molecule has 0 radical (unpaired) electrons. The Kier molecular flexibility index (Phi) is 4.77. The Balaban J connectivity index is 3.03. The van der Waals surface area contributed by atoms with Gasteiger partial charge in [0.2, 0.25) is 5.91 Å². The maximum atomic E-state index is 12.7. The molecule has 0 heterocycles. The fourth-order valence-corrected chi connectivity index (χ4v) is 2.11. The minimum Gasteiger partial charge on any atom is -0.358 e. The SMILES string of the molecule is CNC(=O)CSc1ccc(C=O)cc1C(F)(F)F. The van der Waals surface area contributed by atoms with Crippen LogP contribution in [-0.2, 0) is 11.0 Å². The summed E-state index contributed by atoms with van der Waals surface area (Å²) in [6.07, 6.45) is -4.20. The van der Waals surface area contributed by atoms with Crippen LogP contribution in [0.2, 0.25) is 0 Å². The largest absolute Gasteiger partial charge is 0.417 e. The van der Waals surface area contributed by atoms with E-state index in [2.05, 4.69) is 5.32 Å². The number of carbonyl (C=O) groups excluding carboxylic acids is 2. The summed E-state index contributed by atoms with van der Waals surface area (Å²) in [6, 6.07) is 3.26. The van der Waals surface area contributed by atoms with Crippen LogP contribution in [0.5, 0.6) is 0 Å². The van der Waals surface area contributed by atoms with E-state index >= 15 is 0 Å². The van der Waals surface area contributed by atoms with Gasteiger partial charge < -0.3 is 5.32 Å². The zero-order valence-corrected chi connectivity index (χ0v) is 10.2. The molecule has 0 aliphatic carbocycles. The number of aldehydes is 1. The molecule has 3 nitrogen and oxygen atoms in total. The van der Waals surface area contributed by atoms with E-state index in [0.717, 1.165) is 17.8 Å². The van der Waals surface area contributed by atoms with E-state index in [-0.39, 0.29) is 22.1 Å². The minimum atomic E-state index is -4.55. The number of hydrogen-bond acceptors (Lipinski definition) is 3. The van der Waals surface area contributed by atoms with Crippen molar-refractivity contribution >= 4 is 24.0 Å². The first-order valence-corrected chi connectivity index (χ1v) is 5.87. The Morgan fingerprint density at radius 1 is 1.44 bits per heavy atom. The lowest BCUT2D eigenvalue weighted by Crippen LogP contribution is -2.20. The van der Waals surface area contributed by atoms with Crippen LogP contribution in [0, 0.1) is 0 Å². The first-order valence-electron chi connectivity index (χ1n) is 4.88. The predicted octanol–water partition coefficient (Wildman–Crippen LogP) is 2.36. The van der Waals surface area contributed by atoms with Gasteiger partial charge >= 0.3 is 6.18 Å². The van der Waals surface area contributed by atoms with E-state index in [4.69, 9.17) is 0 Å². The molecule has 0 bridgehead atoms. The molecule has 98 valence electrons. The van der Waals surface area contributed by atoms with Crippen molar-refractivity contribution in [3.05, 3.63) is 29.3 Å². The Morgan fingerprint density at radius 3 is 2.61 bits per heavy atom. The Bertz CT molecular complexity index is 460. The fourth-order valence-electron chi connectivity index (χ4n) is 1.18. The lowest BCUT2D eigenvalue weighted by atomic mass is 10.1. The number of halogens is 3. The summed E-state index contributed by atoms with van der Waals surface area (Å²) in [5.41, 5.74) is -0.951. The molecule has 0 fully saturated rings. The molecule has 0 saturated heterocycles. The highest BCUT2D eigenvalue weighted by atomic mass is 32.2. The lowest BCUT2D eigenvalue weighted by Gasteiger charge is -2.12. The molecule has 0 aliphatic rings. The van der Waals surface area contributed by atoms with E-state index < -0.39 is 11.7 Å².